The first-order valence-corrected chi connectivity index (χ1v) is 5.32. The number of benzene rings is 1. The maximum absolute atomic E-state index is 5.71. The van der Waals surface area contributed by atoms with Crippen LogP contribution in [0.5, 0.6) is 0 Å². The van der Waals surface area contributed by atoms with Gasteiger partial charge in [0.25, 0.3) is 0 Å². The number of nitrogens with zero attached hydrogens (tertiary/aromatic N) is 2. The summed E-state index contributed by atoms with van der Waals surface area (Å²) in [6.45, 7) is 2.05. The molecule has 2 heterocycles. The third-order valence-corrected chi connectivity index (χ3v) is 2.61. The molecule has 0 atom stereocenters. The lowest BCUT2D eigenvalue weighted by molar-refractivity contribution is 0.627. The molecule has 4 nitrogen and oxygen atoms in total. The quantitative estimate of drug-likeness (QED) is 0.691. The van der Waals surface area contributed by atoms with Crippen molar-refractivity contribution in [2.45, 2.75) is 6.92 Å². The Morgan fingerprint density at radius 2 is 1.94 bits per heavy atom. The zero-order valence-corrected chi connectivity index (χ0v) is 9.34. The van der Waals surface area contributed by atoms with Gasteiger partial charge in [0.05, 0.1) is 0 Å². The van der Waals surface area contributed by atoms with Crippen molar-refractivity contribution in [1.29, 1.82) is 0 Å². The minimum absolute atomic E-state index is 0.403. The molecule has 4 heteroatoms. The molecule has 2 N–H and O–H groups in total. The van der Waals surface area contributed by atoms with Gasteiger partial charge in [0.15, 0.2) is 5.76 Å². The highest BCUT2D eigenvalue weighted by atomic mass is 16.3. The number of hydrogen-bond donors (Lipinski definition) is 1. The van der Waals surface area contributed by atoms with E-state index in [0.29, 0.717) is 17.3 Å². The van der Waals surface area contributed by atoms with Gasteiger partial charge in [0, 0.05) is 5.39 Å². The molecule has 17 heavy (non-hydrogen) atoms. The van der Waals surface area contributed by atoms with Gasteiger partial charge in [-0.15, -0.1) is 10.2 Å². The number of hydrogen-bond acceptors (Lipinski definition) is 4. The second-order valence-electron chi connectivity index (χ2n) is 4.00. The summed E-state index contributed by atoms with van der Waals surface area (Å²) < 4.78 is 5.71. The minimum Gasteiger partial charge on any atom is -0.454 e. The summed E-state index contributed by atoms with van der Waals surface area (Å²) >= 11 is 0. The average molecular weight is 225 g/mol. The van der Waals surface area contributed by atoms with Gasteiger partial charge in [-0.05, 0) is 37.3 Å². The van der Waals surface area contributed by atoms with Crippen LogP contribution in [0.2, 0.25) is 0 Å². The molecule has 3 aromatic rings. The van der Waals surface area contributed by atoms with E-state index < -0.39 is 0 Å². The number of anilines is 1. The van der Waals surface area contributed by atoms with Crippen LogP contribution in [0, 0.1) is 6.92 Å². The third kappa shape index (κ3) is 1.73. The van der Waals surface area contributed by atoms with Gasteiger partial charge in [-0.3, -0.25) is 0 Å². The predicted octanol–water partition coefficient (Wildman–Crippen LogP) is 2.78. The summed E-state index contributed by atoms with van der Waals surface area (Å²) in [4.78, 5) is 0. The molecule has 1 aromatic carbocycles. The maximum atomic E-state index is 5.71. The van der Waals surface area contributed by atoms with E-state index in [4.69, 9.17) is 10.2 Å². The van der Waals surface area contributed by atoms with Gasteiger partial charge >= 0.3 is 0 Å². The Balaban J connectivity index is 2.14. The number of fused-ring (bicyclic) bond motifs is 1. The van der Waals surface area contributed by atoms with E-state index in [0.717, 1.165) is 11.0 Å². The molecule has 0 amide bonds. The number of aryl methyl sites for hydroxylation is 1. The molecular weight excluding hydrogens is 214 g/mol. The van der Waals surface area contributed by atoms with Crippen molar-refractivity contribution in [2.75, 3.05) is 5.73 Å². The molecule has 0 unspecified atom stereocenters. The SMILES string of the molecule is Cc1ccc2oc(-c3ccc(N)nn3)cc2c1. The highest BCUT2D eigenvalue weighted by molar-refractivity contribution is 5.82. The Labute approximate surface area is 98.1 Å². The first-order valence-electron chi connectivity index (χ1n) is 5.32. The summed E-state index contributed by atoms with van der Waals surface area (Å²) in [5, 5.41) is 8.88. The smallest absolute Gasteiger partial charge is 0.155 e. The van der Waals surface area contributed by atoms with Crippen LogP contribution in [0.1, 0.15) is 5.56 Å². The molecule has 3 rings (SSSR count). The van der Waals surface area contributed by atoms with E-state index in [1.54, 1.807) is 12.1 Å². The zero-order chi connectivity index (χ0) is 11.8. The molecule has 0 spiro atoms. The molecule has 0 saturated carbocycles. The Kier molecular flexibility index (Phi) is 2.08. The Morgan fingerprint density at radius 3 is 2.71 bits per heavy atom. The van der Waals surface area contributed by atoms with Crippen LogP contribution < -0.4 is 5.73 Å². The highest BCUT2D eigenvalue weighted by Crippen LogP contribution is 2.26. The van der Waals surface area contributed by atoms with Crippen LogP contribution in [0.3, 0.4) is 0 Å². The van der Waals surface area contributed by atoms with Crippen LogP contribution in [0.25, 0.3) is 22.4 Å². The summed E-state index contributed by atoms with van der Waals surface area (Å²) in [5.74, 6) is 1.11. The molecule has 0 aliphatic carbocycles. The molecule has 2 aromatic heterocycles. The Bertz CT molecular complexity index is 671. The molecule has 0 aliphatic heterocycles. The Morgan fingerprint density at radius 1 is 1.06 bits per heavy atom. The van der Waals surface area contributed by atoms with Gasteiger partial charge in [-0.2, -0.15) is 0 Å². The van der Waals surface area contributed by atoms with Gasteiger partial charge in [0.2, 0.25) is 0 Å². The van der Waals surface area contributed by atoms with Crippen LogP contribution in [-0.2, 0) is 0 Å². The van der Waals surface area contributed by atoms with Crippen LogP contribution in [-0.4, -0.2) is 10.2 Å². The molecule has 0 radical (unpaired) electrons. The van der Waals surface area contributed by atoms with E-state index in [1.165, 1.54) is 5.56 Å². The summed E-state index contributed by atoms with van der Waals surface area (Å²) in [5.41, 5.74) is 8.24. The third-order valence-electron chi connectivity index (χ3n) is 2.61. The van der Waals surface area contributed by atoms with E-state index in [-0.39, 0.29) is 0 Å². The van der Waals surface area contributed by atoms with E-state index in [9.17, 15) is 0 Å². The van der Waals surface area contributed by atoms with Crippen molar-refractivity contribution in [3.63, 3.8) is 0 Å². The first-order chi connectivity index (χ1) is 8.22. The minimum atomic E-state index is 0.403. The number of furan rings is 1. The molecule has 0 fully saturated rings. The summed E-state index contributed by atoms with van der Waals surface area (Å²) in [6.07, 6.45) is 0. The standard InChI is InChI=1S/C13H11N3O/c1-8-2-4-11-9(6-8)7-12(17-11)10-3-5-13(14)16-15-10/h2-7H,1H3,(H2,14,16). The highest BCUT2D eigenvalue weighted by Gasteiger charge is 2.07. The van der Waals surface area contributed by atoms with E-state index >= 15 is 0 Å². The molecule has 0 bridgehead atoms. The fraction of sp³-hybridized carbons (Fsp3) is 0.0769. The summed E-state index contributed by atoms with van der Waals surface area (Å²) in [6, 6.07) is 11.5. The van der Waals surface area contributed by atoms with Gasteiger partial charge < -0.3 is 10.2 Å². The van der Waals surface area contributed by atoms with Crippen molar-refractivity contribution in [3.05, 3.63) is 42.0 Å². The van der Waals surface area contributed by atoms with Crippen molar-refractivity contribution in [1.82, 2.24) is 10.2 Å². The summed E-state index contributed by atoms with van der Waals surface area (Å²) in [7, 11) is 0. The maximum Gasteiger partial charge on any atom is 0.155 e. The fourth-order valence-corrected chi connectivity index (χ4v) is 1.76. The van der Waals surface area contributed by atoms with Crippen LogP contribution in [0.15, 0.2) is 40.8 Å². The lowest BCUT2D eigenvalue weighted by Gasteiger charge is -1.94. The molecular formula is C13H11N3O. The number of rotatable bonds is 1. The lowest BCUT2D eigenvalue weighted by atomic mass is 10.2. The normalized spacial score (nSPS) is 10.9. The van der Waals surface area contributed by atoms with Crippen LogP contribution in [0.4, 0.5) is 5.82 Å². The fourth-order valence-electron chi connectivity index (χ4n) is 1.76. The van der Waals surface area contributed by atoms with Gasteiger partial charge in [-0.25, -0.2) is 0 Å². The number of aromatic nitrogens is 2. The number of nitrogens with two attached hydrogens (primary N) is 1. The second-order valence-corrected chi connectivity index (χ2v) is 4.00. The topological polar surface area (TPSA) is 64.9 Å². The van der Waals surface area contributed by atoms with Crippen LogP contribution >= 0.6 is 0 Å². The monoisotopic (exact) mass is 225 g/mol. The Hall–Kier alpha value is -2.36. The molecule has 0 aliphatic rings. The molecule has 0 saturated heterocycles. The average Bonchev–Trinajstić information content (AvgIpc) is 2.72. The van der Waals surface area contributed by atoms with Crippen molar-refractivity contribution in [3.8, 4) is 11.5 Å². The molecule has 84 valence electrons. The van der Waals surface area contributed by atoms with Gasteiger partial charge in [0.1, 0.15) is 17.1 Å². The van der Waals surface area contributed by atoms with Gasteiger partial charge in [-0.1, -0.05) is 11.6 Å². The first kappa shape index (κ1) is 9.84. The van der Waals surface area contributed by atoms with E-state index in [2.05, 4.69) is 23.2 Å². The van der Waals surface area contributed by atoms with Crippen molar-refractivity contribution in [2.24, 2.45) is 0 Å². The van der Waals surface area contributed by atoms with Crippen molar-refractivity contribution < 1.29 is 4.42 Å². The number of nitrogen functional groups attached to an aromatic ring is 1. The zero-order valence-electron chi connectivity index (χ0n) is 9.34. The van der Waals surface area contributed by atoms with Crippen molar-refractivity contribution >= 4 is 16.8 Å². The lowest BCUT2D eigenvalue weighted by Crippen LogP contribution is -1.92. The predicted molar refractivity (Wildman–Crippen MR) is 66.4 cm³/mol. The van der Waals surface area contributed by atoms with E-state index in [1.807, 2.05) is 18.2 Å². The second kappa shape index (κ2) is 3.59. The largest absolute Gasteiger partial charge is 0.454 e.